The van der Waals surface area contributed by atoms with Crippen molar-refractivity contribution in [1.29, 1.82) is 5.26 Å². The van der Waals surface area contributed by atoms with Crippen molar-refractivity contribution in [2.75, 3.05) is 18.4 Å². The number of amides is 1. The van der Waals surface area contributed by atoms with E-state index >= 15 is 0 Å². The first-order chi connectivity index (χ1) is 12.3. The topological polar surface area (TPSA) is 104 Å². The minimum atomic E-state index is -0.515. The molecule has 1 atom stereocenters. The van der Waals surface area contributed by atoms with Crippen molar-refractivity contribution in [2.45, 2.75) is 45.4 Å². The second kappa shape index (κ2) is 8.72. The summed E-state index contributed by atoms with van der Waals surface area (Å²) in [6.07, 6.45) is 2.40. The van der Waals surface area contributed by atoms with E-state index in [9.17, 15) is 10.1 Å². The third-order valence-corrected chi connectivity index (χ3v) is 4.56. The van der Waals surface area contributed by atoms with Gasteiger partial charge in [-0.1, -0.05) is 20.8 Å². The van der Waals surface area contributed by atoms with Gasteiger partial charge < -0.3 is 10.6 Å². The molecule has 0 bridgehead atoms. The van der Waals surface area contributed by atoms with Crippen LogP contribution < -0.4 is 10.6 Å². The predicted molar refractivity (Wildman–Crippen MR) is 102 cm³/mol. The van der Waals surface area contributed by atoms with E-state index in [-0.39, 0.29) is 11.3 Å². The van der Waals surface area contributed by atoms with Gasteiger partial charge in [0.15, 0.2) is 0 Å². The van der Waals surface area contributed by atoms with Gasteiger partial charge >= 0.3 is 0 Å². The molecule has 2 N–H and O–H groups in total. The van der Waals surface area contributed by atoms with Crippen LogP contribution in [0.1, 0.15) is 56.4 Å². The summed E-state index contributed by atoms with van der Waals surface area (Å²) in [6, 6.07) is 4.04. The summed E-state index contributed by atoms with van der Waals surface area (Å²) in [5.74, 6) is -0.0876. The van der Waals surface area contributed by atoms with Gasteiger partial charge in [-0.3, -0.25) is 4.79 Å². The van der Waals surface area contributed by atoms with Crippen LogP contribution in [0.2, 0.25) is 0 Å². The van der Waals surface area contributed by atoms with Crippen LogP contribution in [0.15, 0.2) is 17.6 Å². The van der Waals surface area contributed by atoms with Gasteiger partial charge in [0.05, 0.1) is 17.5 Å². The number of hydrogen-bond acceptors (Lipinski definition) is 7. The maximum Gasteiger partial charge on any atom is 0.222 e. The van der Waals surface area contributed by atoms with Crippen molar-refractivity contribution in [1.82, 2.24) is 20.3 Å². The van der Waals surface area contributed by atoms with Gasteiger partial charge in [0.1, 0.15) is 10.9 Å². The predicted octanol–water partition coefficient (Wildman–Crippen LogP) is 2.82. The minimum Gasteiger partial charge on any atom is -0.356 e. The highest BCUT2D eigenvalue weighted by Gasteiger charge is 2.23. The number of rotatable bonds is 7. The fraction of sp³-hybridized carbons (Fsp3) is 0.500. The summed E-state index contributed by atoms with van der Waals surface area (Å²) >= 11 is 1.48. The first-order valence-corrected chi connectivity index (χ1v) is 9.36. The lowest BCUT2D eigenvalue weighted by atomic mass is 9.93. The van der Waals surface area contributed by atoms with Crippen molar-refractivity contribution < 1.29 is 4.79 Å². The molecule has 2 rings (SSSR count). The van der Waals surface area contributed by atoms with Crippen LogP contribution in [0.3, 0.4) is 0 Å². The Morgan fingerprint density at radius 3 is 2.73 bits per heavy atom. The summed E-state index contributed by atoms with van der Waals surface area (Å²) in [5.41, 5.74) is 1.55. The summed E-state index contributed by atoms with van der Waals surface area (Å²) in [6.45, 7) is 9.01. The lowest BCUT2D eigenvalue weighted by molar-refractivity contribution is -0.118. The van der Waals surface area contributed by atoms with E-state index in [0.29, 0.717) is 24.7 Å². The Morgan fingerprint density at radius 1 is 1.35 bits per heavy atom. The first kappa shape index (κ1) is 19.8. The van der Waals surface area contributed by atoms with E-state index in [2.05, 4.69) is 52.4 Å². The number of carbonyl (C=O) groups is 1. The fourth-order valence-corrected chi connectivity index (χ4v) is 3.28. The largest absolute Gasteiger partial charge is 0.356 e. The third-order valence-electron chi connectivity index (χ3n) is 3.65. The number of nitrogens with one attached hydrogen (secondary N) is 2. The van der Waals surface area contributed by atoms with Crippen LogP contribution in [0, 0.1) is 11.3 Å². The van der Waals surface area contributed by atoms with Crippen molar-refractivity contribution >= 4 is 23.2 Å². The van der Waals surface area contributed by atoms with E-state index in [1.807, 2.05) is 5.38 Å². The number of anilines is 1. The number of aromatic nitrogens is 3. The molecule has 2 aromatic heterocycles. The quantitative estimate of drug-likeness (QED) is 0.724. The first-order valence-electron chi connectivity index (χ1n) is 8.48. The second-order valence-corrected chi connectivity index (χ2v) is 7.84. The molecule has 0 saturated heterocycles. The molecule has 0 fully saturated rings. The molecule has 0 aliphatic rings. The monoisotopic (exact) mass is 372 g/mol. The molecule has 0 aliphatic heterocycles. The molecule has 2 heterocycles. The SMILES string of the molecule is CC(=O)NCCCNc1nccc(C(C#N)c2nc(C(C)(C)C)cs2)n1. The molecule has 0 radical (unpaired) electrons. The number of hydrogen-bond donors (Lipinski definition) is 2. The molecular weight excluding hydrogens is 348 g/mol. The summed E-state index contributed by atoms with van der Waals surface area (Å²) in [7, 11) is 0. The molecule has 0 saturated carbocycles. The Hall–Kier alpha value is -2.53. The standard InChI is InChI=1S/C18H24N6OS/c1-12(25)20-7-5-8-21-17-22-9-6-14(23-17)13(10-19)16-24-15(11-26-16)18(2,3)4/h6,9,11,13H,5,7-8H2,1-4H3,(H,20,25)(H,21,22,23). The molecular formula is C18H24N6OS. The van der Waals surface area contributed by atoms with Crippen LogP contribution in [0.5, 0.6) is 0 Å². The van der Waals surface area contributed by atoms with E-state index in [0.717, 1.165) is 17.1 Å². The zero-order valence-corrected chi connectivity index (χ0v) is 16.4. The smallest absolute Gasteiger partial charge is 0.222 e. The molecule has 0 aromatic carbocycles. The lowest BCUT2D eigenvalue weighted by Crippen LogP contribution is -2.23. The van der Waals surface area contributed by atoms with E-state index < -0.39 is 5.92 Å². The van der Waals surface area contributed by atoms with Gasteiger partial charge in [-0.15, -0.1) is 11.3 Å². The molecule has 8 heteroatoms. The van der Waals surface area contributed by atoms with Crippen LogP contribution in [0.25, 0.3) is 0 Å². The minimum absolute atomic E-state index is 0.0433. The normalized spacial score (nSPS) is 12.3. The number of carbonyl (C=O) groups excluding carboxylic acids is 1. The summed E-state index contributed by atoms with van der Waals surface area (Å²) < 4.78 is 0. The second-order valence-electron chi connectivity index (χ2n) is 6.95. The van der Waals surface area contributed by atoms with Gasteiger partial charge in [0.25, 0.3) is 0 Å². The Balaban J connectivity index is 2.06. The molecule has 1 amide bonds. The van der Waals surface area contributed by atoms with Crippen molar-refractivity contribution in [3.8, 4) is 6.07 Å². The van der Waals surface area contributed by atoms with Crippen molar-refractivity contribution in [3.05, 3.63) is 34.0 Å². The Labute approximate surface area is 157 Å². The van der Waals surface area contributed by atoms with Crippen molar-refractivity contribution in [3.63, 3.8) is 0 Å². The average Bonchev–Trinajstić information content (AvgIpc) is 3.05. The molecule has 2 aromatic rings. The maximum atomic E-state index is 10.8. The zero-order chi connectivity index (χ0) is 19.2. The molecule has 26 heavy (non-hydrogen) atoms. The summed E-state index contributed by atoms with van der Waals surface area (Å²) in [4.78, 5) is 24.1. The van der Waals surface area contributed by atoms with E-state index in [1.165, 1.54) is 18.3 Å². The molecule has 0 spiro atoms. The van der Waals surface area contributed by atoms with Gasteiger partial charge in [-0.05, 0) is 12.5 Å². The van der Waals surface area contributed by atoms with Crippen LogP contribution >= 0.6 is 11.3 Å². The van der Waals surface area contributed by atoms with E-state index in [1.54, 1.807) is 12.3 Å². The zero-order valence-electron chi connectivity index (χ0n) is 15.5. The number of thiazole rings is 1. The molecule has 7 nitrogen and oxygen atoms in total. The number of nitriles is 1. The Kier molecular flexibility index (Phi) is 6.64. The Morgan fingerprint density at radius 2 is 2.12 bits per heavy atom. The Bertz CT molecular complexity index is 789. The summed E-state index contributed by atoms with van der Waals surface area (Å²) in [5, 5.41) is 18.2. The highest BCUT2D eigenvalue weighted by molar-refractivity contribution is 7.09. The highest BCUT2D eigenvalue weighted by Crippen LogP contribution is 2.30. The van der Waals surface area contributed by atoms with Gasteiger partial charge in [-0.25, -0.2) is 15.0 Å². The van der Waals surface area contributed by atoms with Gasteiger partial charge in [-0.2, -0.15) is 5.26 Å². The fourth-order valence-electron chi connectivity index (χ4n) is 2.18. The highest BCUT2D eigenvalue weighted by atomic mass is 32.1. The van der Waals surface area contributed by atoms with E-state index in [4.69, 9.17) is 0 Å². The molecule has 138 valence electrons. The maximum absolute atomic E-state index is 10.8. The van der Waals surface area contributed by atoms with Crippen molar-refractivity contribution in [2.24, 2.45) is 0 Å². The van der Waals surface area contributed by atoms with Crippen LogP contribution in [0.4, 0.5) is 5.95 Å². The molecule has 1 unspecified atom stereocenters. The lowest BCUT2D eigenvalue weighted by Gasteiger charge is -2.14. The third kappa shape index (κ3) is 5.49. The van der Waals surface area contributed by atoms with Crippen LogP contribution in [-0.4, -0.2) is 33.9 Å². The van der Waals surface area contributed by atoms with Gasteiger partial charge in [0.2, 0.25) is 11.9 Å². The average molecular weight is 372 g/mol. The number of nitrogens with zero attached hydrogens (tertiary/aromatic N) is 4. The van der Waals surface area contributed by atoms with Gasteiger partial charge in [0, 0.05) is 37.0 Å². The molecule has 0 aliphatic carbocycles. The van der Waals surface area contributed by atoms with Crippen LogP contribution in [-0.2, 0) is 10.2 Å².